The van der Waals surface area contributed by atoms with Crippen molar-refractivity contribution in [3.63, 3.8) is 0 Å². The maximum atomic E-state index is 6.08. The minimum absolute atomic E-state index is 0.378. The number of hydrogen-bond acceptors (Lipinski definition) is 2. The Morgan fingerprint density at radius 1 is 1.12 bits per heavy atom. The second-order valence-corrected chi connectivity index (χ2v) is 6.12. The van der Waals surface area contributed by atoms with Gasteiger partial charge in [0.2, 0.25) is 0 Å². The average molecular weight is 226 g/mol. The lowest BCUT2D eigenvalue weighted by atomic mass is 9.86. The van der Waals surface area contributed by atoms with Crippen LogP contribution in [0.15, 0.2) is 0 Å². The number of nitrogens with two attached hydrogens (primary N) is 1. The fourth-order valence-corrected chi connectivity index (χ4v) is 2.51. The first-order chi connectivity index (χ1) is 7.50. The molecule has 0 saturated carbocycles. The summed E-state index contributed by atoms with van der Waals surface area (Å²) in [6, 6.07) is 0.378. The molecule has 0 aromatic carbocycles. The highest BCUT2D eigenvalue weighted by Crippen LogP contribution is 2.24. The third-order valence-electron chi connectivity index (χ3n) is 4.21. The number of hydrogen-bond donors (Lipinski definition) is 1. The van der Waals surface area contributed by atoms with Crippen LogP contribution in [0.3, 0.4) is 0 Å². The van der Waals surface area contributed by atoms with E-state index in [9.17, 15) is 0 Å². The first kappa shape index (κ1) is 14.0. The Hall–Kier alpha value is -0.0800. The summed E-state index contributed by atoms with van der Waals surface area (Å²) >= 11 is 0. The maximum absolute atomic E-state index is 6.08. The van der Waals surface area contributed by atoms with Crippen molar-refractivity contribution in [3.05, 3.63) is 0 Å². The molecule has 1 unspecified atom stereocenters. The highest BCUT2D eigenvalue weighted by Gasteiger charge is 2.21. The predicted molar refractivity (Wildman–Crippen MR) is 71.4 cm³/mol. The van der Waals surface area contributed by atoms with E-state index >= 15 is 0 Å². The lowest BCUT2D eigenvalue weighted by molar-refractivity contribution is 0.152. The van der Waals surface area contributed by atoms with Gasteiger partial charge in [0.1, 0.15) is 0 Å². The molecule has 1 saturated heterocycles. The summed E-state index contributed by atoms with van der Waals surface area (Å²) in [5, 5.41) is 0. The quantitative estimate of drug-likeness (QED) is 0.781. The van der Waals surface area contributed by atoms with Crippen LogP contribution in [0.1, 0.15) is 47.0 Å². The van der Waals surface area contributed by atoms with Crippen molar-refractivity contribution in [1.29, 1.82) is 0 Å². The molecule has 96 valence electrons. The van der Waals surface area contributed by atoms with Gasteiger partial charge in [0.15, 0.2) is 0 Å². The molecule has 1 rings (SSSR count). The molecule has 0 aromatic heterocycles. The fraction of sp³-hybridized carbons (Fsp3) is 1.00. The number of likely N-dealkylation sites (tertiary alicyclic amines) is 1. The van der Waals surface area contributed by atoms with Crippen molar-refractivity contribution < 1.29 is 0 Å². The summed E-state index contributed by atoms with van der Waals surface area (Å²) in [7, 11) is 0. The summed E-state index contributed by atoms with van der Waals surface area (Å²) in [6.45, 7) is 12.9. The molecule has 0 aromatic rings. The van der Waals surface area contributed by atoms with Crippen LogP contribution in [-0.4, -0.2) is 30.6 Å². The van der Waals surface area contributed by atoms with Gasteiger partial charge >= 0.3 is 0 Å². The van der Waals surface area contributed by atoms with E-state index in [-0.39, 0.29) is 0 Å². The Balaban J connectivity index is 2.17. The molecular weight excluding hydrogens is 196 g/mol. The van der Waals surface area contributed by atoms with Crippen molar-refractivity contribution in [3.8, 4) is 0 Å². The summed E-state index contributed by atoms with van der Waals surface area (Å²) in [5.74, 6) is 2.43. The molecule has 1 atom stereocenters. The molecule has 0 aliphatic carbocycles. The Morgan fingerprint density at radius 3 is 2.12 bits per heavy atom. The summed E-state index contributed by atoms with van der Waals surface area (Å²) in [5.41, 5.74) is 6.08. The van der Waals surface area contributed by atoms with Crippen LogP contribution in [0.25, 0.3) is 0 Å². The van der Waals surface area contributed by atoms with Crippen molar-refractivity contribution in [2.75, 3.05) is 19.6 Å². The van der Waals surface area contributed by atoms with E-state index in [0.29, 0.717) is 12.0 Å². The Kier molecular flexibility index (Phi) is 5.77. The Bertz CT molecular complexity index is 181. The van der Waals surface area contributed by atoms with Gasteiger partial charge in [-0.25, -0.2) is 0 Å². The maximum Gasteiger partial charge on any atom is 0.00740 e. The lowest BCUT2D eigenvalue weighted by Crippen LogP contribution is -2.39. The molecule has 1 aliphatic rings. The summed E-state index contributed by atoms with van der Waals surface area (Å²) in [6.07, 6.45) is 3.92. The largest absolute Gasteiger partial charge is 0.327 e. The van der Waals surface area contributed by atoms with E-state index in [0.717, 1.165) is 18.3 Å². The third-order valence-corrected chi connectivity index (χ3v) is 4.21. The molecule has 1 fully saturated rings. The van der Waals surface area contributed by atoms with E-state index in [2.05, 4.69) is 32.6 Å². The molecule has 2 nitrogen and oxygen atoms in total. The van der Waals surface area contributed by atoms with E-state index in [1.165, 1.54) is 32.5 Å². The minimum Gasteiger partial charge on any atom is -0.327 e. The van der Waals surface area contributed by atoms with Crippen molar-refractivity contribution >= 4 is 0 Å². The van der Waals surface area contributed by atoms with Gasteiger partial charge in [0.25, 0.3) is 0 Å². The summed E-state index contributed by atoms with van der Waals surface area (Å²) in [4.78, 5) is 2.60. The van der Waals surface area contributed by atoms with Gasteiger partial charge < -0.3 is 10.6 Å². The van der Waals surface area contributed by atoms with Gasteiger partial charge in [-0.05, 0) is 56.7 Å². The molecule has 0 radical (unpaired) electrons. The van der Waals surface area contributed by atoms with Crippen LogP contribution in [0.2, 0.25) is 0 Å². The minimum atomic E-state index is 0.378. The van der Waals surface area contributed by atoms with Crippen molar-refractivity contribution in [2.24, 2.45) is 23.5 Å². The van der Waals surface area contributed by atoms with Gasteiger partial charge in [-0.3, -0.25) is 0 Å². The van der Waals surface area contributed by atoms with E-state index in [1.54, 1.807) is 0 Å². The predicted octanol–water partition coefficient (Wildman–Crippen LogP) is 2.73. The standard InChI is InChI=1S/C14H30N2/c1-11(2)13-5-8-16(9-6-13)10-7-14(15)12(3)4/h11-14H,5-10,15H2,1-4H3. The Morgan fingerprint density at radius 2 is 1.69 bits per heavy atom. The van der Waals surface area contributed by atoms with Crippen LogP contribution < -0.4 is 5.73 Å². The zero-order valence-corrected chi connectivity index (χ0v) is 11.6. The van der Waals surface area contributed by atoms with Crippen LogP contribution in [-0.2, 0) is 0 Å². The van der Waals surface area contributed by atoms with Gasteiger partial charge in [-0.2, -0.15) is 0 Å². The van der Waals surface area contributed by atoms with Crippen LogP contribution >= 0.6 is 0 Å². The second kappa shape index (κ2) is 6.61. The van der Waals surface area contributed by atoms with Gasteiger partial charge in [-0.15, -0.1) is 0 Å². The molecule has 1 aliphatic heterocycles. The Labute approximate surface area is 102 Å². The third kappa shape index (κ3) is 4.42. The molecule has 16 heavy (non-hydrogen) atoms. The van der Waals surface area contributed by atoms with Crippen molar-refractivity contribution in [2.45, 2.75) is 53.0 Å². The van der Waals surface area contributed by atoms with Gasteiger partial charge in [-0.1, -0.05) is 27.7 Å². The molecule has 0 spiro atoms. The summed E-state index contributed by atoms with van der Waals surface area (Å²) < 4.78 is 0. The molecule has 0 bridgehead atoms. The normalized spacial score (nSPS) is 21.9. The molecule has 2 N–H and O–H groups in total. The molecular formula is C14H30N2. The topological polar surface area (TPSA) is 29.3 Å². The van der Waals surface area contributed by atoms with Crippen LogP contribution in [0.4, 0.5) is 0 Å². The van der Waals surface area contributed by atoms with Crippen molar-refractivity contribution in [1.82, 2.24) is 4.90 Å². The van der Waals surface area contributed by atoms with Crippen LogP contribution in [0, 0.1) is 17.8 Å². The average Bonchev–Trinajstić information content (AvgIpc) is 2.26. The van der Waals surface area contributed by atoms with E-state index < -0.39 is 0 Å². The number of rotatable bonds is 5. The highest BCUT2D eigenvalue weighted by molar-refractivity contribution is 4.76. The SMILES string of the molecule is CC(C)C(N)CCN1CCC(C(C)C)CC1. The van der Waals surface area contributed by atoms with Gasteiger partial charge in [0, 0.05) is 6.04 Å². The zero-order valence-electron chi connectivity index (χ0n) is 11.6. The highest BCUT2D eigenvalue weighted by atomic mass is 15.1. The first-order valence-corrected chi connectivity index (χ1v) is 6.98. The van der Waals surface area contributed by atoms with E-state index in [1.807, 2.05) is 0 Å². The smallest absolute Gasteiger partial charge is 0.00740 e. The number of nitrogens with zero attached hydrogens (tertiary/aromatic N) is 1. The molecule has 2 heteroatoms. The van der Waals surface area contributed by atoms with Crippen LogP contribution in [0.5, 0.6) is 0 Å². The lowest BCUT2D eigenvalue weighted by Gasteiger charge is -2.34. The first-order valence-electron chi connectivity index (χ1n) is 6.98. The fourth-order valence-electron chi connectivity index (χ4n) is 2.51. The number of piperidine rings is 1. The molecule has 0 amide bonds. The van der Waals surface area contributed by atoms with E-state index in [4.69, 9.17) is 5.73 Å². The molecule has 1 heterocycles. The van der Waals surface area contributed by atoms with Gasteiger partial charge in [0.05, 0.1) is 0 Å². The second-order valence-electron chi connectivity index (χ2n) is 6.12. The monoisotopic (exact) mass is 226 g/mol. The zero-order chi connectivity index (χ0) is 12.1.